The molecule has 0 fully saturated rings. The van der Waals surface area contributed by atoms with Crippen LogP contribution in [0.3, 0.4) is 0 Å². The zero-order valence-corrected chi connectivity index (χ0v) is 11.9. The highest BCUT2D eigenvalue weighted by atomic mass is 16.7. The van der Waals surface area contributed by atoms with Gasteiger partial charge in [-0.1, -0.05) is 60.7 Å². The van der Waals surface area contributed by atoms with Crippen LogP contribution in [0, 0.1) is 0 Å². The quantitative estimate of drug-likeness (QED) is 0.426. The van der Waals surface area contributed by atoms with Crippen molar-refractivity contribution >= 4 is 12.4 Å². The highest BCUT2D eigenvalue weighted by Gasteiger charge is 2.15. The van der Waals surface area contributed by atoms with Gasteiger partial charge >= 0.3 is 5.97 Å². The van der Waals surface area contributed by atoms with Gasteiger partial charge in [-0.05, 0) is 5.56 Å². The van der Waals surface area contributed by atoms with Gasteiger partial charge in [-0.2, -0.15) is 0 Å². The Morgan fingerprint density at radius 2 is 1.64 bits per heavy atom. The molecule has 0 heterocycles. The smallest absolute Gasteiger partial charge is 0.332 e. The van der Waals surface area contributed by atoms with E-state index in [2.05, 4.69) is 0 Å². The number of ether oxygens (including phenoxy) is 3. The molecular weight excluding hydrogens is 284 g/mol. The predicted octanol–water partition coefficient (Wildman–Crippen LogP) is 2.62. The SMILES string of the molecule is O=COC(OCC(=O)OCc1ccccc1)c1ccccc1. The van der Waals surface area contributed by atoms with E-state index in [-0.39, 0.29) is 19.7 Å². The van der Waals surface area contributed by atoms with Crippen molar-refractivity contribution < 1.29 is 23.8 Å². The van der Waals surface area contributed by atoms with Crippen LogP contribution in [0.15, 0.2) is 60.7 Å². The van der Waals surface area contributed by atoms with Crippen molar-refractivity contribution in [3.63, 3.8) is 0 Å². The van der Waals surface area contributed by atoms with Gasteiger partial charge in [0.05, 0.1) is 0 Å². The monoisotopic (exact) mass is 300 g/mol. The third kappa shape index (κ3) is 5.03. The Kier molecular flexibility index (Phi) is 6.14. The summed E-state index contributed by atoms with van der Waals surface area (Å²) in [6, 6.07) is 18.2. The lowest BCUT2D eigenvalue weighted by atomic mass is 10.2. The molecule has 0 bridgehead atoms. The van der Waals surface area contributed by atoms with Gasteiger partial charge in [0, 0.05) is 5.56 Å². The van der Waals surface area contributed by atoms with Crippen LogP contribution in [0.1, 0.15) is 17.4 Å². The zero-order valence-electron chi connectivity index (χ0n) is 11.9. The van der Waals surface area contributed by atoms with Crippen molar-refractivity contribution in [3.8, 4) is 0 Å². The van der Waals surface area contributed by atoms with Crippen LogP contribution in [0.4, 0.5) is 0 Å². The van der Waals surface area contributed by atoms with E-state index in [4.69, 9.17) is 14.2 Å². The first-order chi connectivity index (χ1) is 10.8. The van der Waals surface area contributed by atoms with Crippen LogP contribution >= 0.6 is 0 Å². The van der Waals surface area contributed by atoms with Crippen molar-refractivity contribution in [2.45, 2.75) is 12.9 Å². The molecule has 0 saturated heterocycles. The molecule has 1 atom stereocenters. The molecule has 0 spiro atoms. The van der Waals surface area contributed by atoms with Crippen molar-refractivity contribution in [1.82, 2.24) is 0 Å². The van der Waals surface area contributed by atoms with Crippen molar-refractivity contribution in [1.29, 1.82) is 0 Å². The van der Waals surface area contributed by atoms with Gasteiger partial charge in [-0.3, -0.25) is 4.79 Å². The molecule has 22 heavy (non-hydrogen) atoms. The van der Waals surface area contributed by atoms with Crippen LogP contribution in [0.2, 0.25) is 0 Å². The van der Waals surface area contributed by atoms with Crippen LogP contribution < -0.4 is 0 Å². The molecule has 0 amide bonds. The minimum Gasteiger partial charge on any atom is -0.459 e. The fraction of sp³-hybridized carbons (Fsp3) is 0.176. The second-order valence-electron chi connectivity index (χ2n) is 4.43. The molecule has 0 aromatic heterocycles. The molecule has 0 radical (unpaired) electrons. The molecule has 0 aliphatic carbocycles. The zero-order chi connectivity index (χ0) is 15.6. The Hall–Kier alpha value is -2.66. The predicted molar refractivity (Wildman–Crippen MR) is 78.5 cm³/mol. The van der Waals surface area contributed by atoms with E-state index in [1.165, 1.54) is 0 Å². The Morgan fingerprint density at radius 3 is 2.27 bits per heavy atom. The molecule has 2 aromatic rings. The lowest BCUT2D eigenvalue weighted by Crippen LogP contribution is -2.17. The summed E-state index contributed by atoms with van der Waals surface area (Å²) in [6.07, 6.45) is -0.928. The lowest BCUT2D eigenvalue weighted by Gasteiger charge is -2.15. The Balaban J connectivity index is 1.81. The standard InChI is InChI=1S/C17H16O5/c18-13-22-17(15-9-5-2-6-10-15)21-12-16(19)20-11-14-7-3-1-4-8-14/h1-10,13,17H,11-12H2. The minimum absolute atomic E-state index is 0.174. The maximum atomic E-state index is 11.7. The number of rotatable bonds is 8. The van der Waals surface area contributed by atoms with E-state index < -0.39 is 12.3 Å². The third-order valence-electron chi connectivity index (χ3n) is 2.85. The largest absolute Gasteiger partial charge is 0.459 e. The summed E-state index contributed by atoms with van der Waals surface area (Å²) in [6.45, 7) is 0.154. The normalized spacial score (nSPS) is 11.5. The van der Waals surface area contributed by atoms with E-state index in [9.17, 15) is 9.59 Å². The number of hydrogen-bond acceptors (Lipinski definition) is 5. The lowest BCUT2D eigenvalue weighted by molar-refractivity contribution is -0.179. The molecule has 114 valence electrons. The second kappa shape index (κ2) is 8.59. The van der Waals surface area contributed by atoms with Crippen LogP contribution in [0.5, 0.6) is 0 Å². The Bertz CT molecular complexity index is 583. The average molecular weight is 300 g/mol. The van der Waals surface area contributed by atoms with Gasteiger partial charge in [0.25, 0.3) is 6.47 Å². The summed E-state index contributed by atoms with van der Waals surface area (Å²) in [5.41, 5.74) is 1.53. The number of benzene rings is 2. The summed E-state index contributed by atoms with van der Waals surface area (Å²) in [7, 11) is 0. The molecule has 0 aliphatic rings. The van der Waals surface area contributed by atoms with Gasteiger partial charge in [-0.15, -0.1) is 0 Å². The van der Waals surface area contributed by atoms with Gasteiger partial charge in [-0.25, -0.2) is 4.79 Å². The number of esters is 1. The first-order valence-corrected chi connectivity index (χ1v) is 6.75. The first kappa shape index (κ1) is 15.7. The fourth-order valence-electron chi connectivity index (χ4n) is 1.80. The molecular formula is C17H16O5. The molecule has 0 saturated carbocycles. The van der Waals surface area contributed by atoms with Gasteiger partial charge in [0.2, 0.25) is 6.29 Å². The number of carbonyl (C=O) groups excluding carboxylic acids is 2. The molecule has 0 N–H and O–H groups in total. The van der Waals surface area contributed by atoms with Crippen molar-refractivity contribution in [3.05, 3.63) is 71.8 Å². The number of hydrogen-bond donors (Lipinski definition) is 0. The fourth-order valence-corrected chi connectivity index (χ4v) is 1.80. The highest BCUT2D eigenvalue weighted by molar-refractivity contribution is 5.70. The van der Waals surface area contributed by atoms with Gasteiger partial charge in [0.1, 0.15) is 13.2 Å². The molecule has 0 aliphatic heterocycles. The van der Waals surface area contributed by atoms with Crippen molar-refractivity contribution in [2.75, 3.05) is 6.61 Å². The maximum absolute atomic E-state index is 11.7. The van der Waals surface area contributed by atoms with Crippen LogP contribution in [0.25, 0.3) is 0 Å². The topological polar surface area (TPSA) is 61.8 Å². The third-order valence-corrected chi connectivity index (χ3v) is 2.85. The van der Waals surface area contributed by atoms with E-state index in [1.807, 2.05) is 36.4 Å². The van der Waals surface area contributed by atoms with Crippen molar-refractivity contribution in [2.24, 2.45) is 0 Å². The molecule has 5 heteroatoms. The van der Waals surface area contributed by atoms with Gasteiger partial charge < -0.3 is 14.2 Å². The highest BCUT2D eigenvalue weighted by Crippen LogP contribution is 2.17. The molecule has 5 nitrogen and oxygen atoms in total. The summed E-state index contributed by atoms with van der Waals surface area (Å²) >= 11 is 0. The van der Waals surface area contributed by atoms with E-state index in [0.717, 1.165) is 5.56 Å². The first-order valence-electron chi connectivity index (χ1n) is 6.75. The Labute approximate surface area is 128 Å². The van der Waals surface area contributed by atoms with E-state index in [0.29, 0.717) is 5.56 Å². The summed E-state index contributed by atoms with van der Waals surface area (Å²) in [4.78, 5) is 22.2. The van der Waals surface area contributed by atoms with Gasteiger partial charge in [0.15, 0.2) is 0 Å². The summed E-state index contributed by atoms with van der Waals surface area (Å²) < 4.78 is 15.2. The Morgan fingerprint density at radius 1 is 1.00 bits per heavy atom. The number of carbonyl (C=O) groups is 2. The molecule has 1 unspecified atom stereocenters. The maximum Gasteiger partial charge on any atom is 0.332 e. The summed E-state index contributed by atoms with van der Waals surface area (Å²) in [5.74, 6) is -0.528. The molecule has 2 rings (SSSR count). The van der Waals surface area contributed by atoms with Crippen LogP contribution in [-0.2, 0) is 30.4 Å². The average Bonchev–Trinajstić information content (AvgIpc) is 2.58. The summed E-state index contributed by atoms with van der Waals surface area (Å²) in [5, 5.41) is 0. The second-order valence-corrected chi connectivity index (χ2v) is 4.43. The van der Waals surface area contributed by atoms with E-state index in [1.54, 1.807) is 24.3 Å². The minimum atomic E-state index is -0.928. The van der Waals surface area contributed by atoms with E-state index >= 15 is 0 Å². The molecule has 2 aromatic carbocycles. The van der Waals surface area contributed by atoms with Crippen LogP contribution in [-0.4, -0.2) is 19.0 Å².